The maximum atomic E-state index is 15.0. The fourth-order valence-corrected chi connectivity index (χ4v) is 6.64. The zero-order valence-electron chi connectivity index (χ0n) is 21.3. The molecule has 3 aromatic carbocycles. The van der Waals surface area contributed by atoms with Crippen LogP contribution in [-0.4, -0.2) is 17.4 Å². The Hall–Kier alpha value is -3.56. The first-order valence-corrected chi connectivity index (χ1v) is 13.3. The highest BCUT2D eigenvalue weighted by Gasteiger charge is 2.37. The first kappa shape index (κ1) is 27.0. The van der Waals surface area contributed by atoms with Crippen molar-refractivity contribution in [1.82, 2.24) is 4.57 Å². The largest absolute Gasteiger partial charge is 0.497 e. The number of methoxy groups -OCH3 is 1. The lowest BCUT2D eigenvalue weighted by molar-refractivity contribution is -0.138. The third-order valence-corrected chi connectivity index (χ3v) is 8.42. The molecule has 2 N–H and O–H groups in total. The molecule has 1 aliphatic heterocycles. The van der Waals surface area contributed by atoms with Crippen molar-refractivity contribution in [1.29, 1.82) is 0 Å². The third-order valence-electron chi connectivity index (χ3n) is 7.19. The van der Waals surface area contributed by atoms with E-state index < -0.39 is 35.2 Å². The quantitative estimate of drug-likeness (QED) is 0.263. The lowest BCUT2D eigenvalue weighted by Crippen LogP contribution is -2.33. The Balaban J connectivity index is 1.76. The summed E-state index contributed by atoms with van der Waals surface area (Å²) < 4.78 is 63.6. The van der Waals surface area contributed by atoms with Crippen LogP contribution in [0.3, 0.4) is 0 Å². The molecule has 0 bridgehead atoms. The van der Waals surface area contributed by atoms with E-state index in [1.165, 1.54) is 18.9 Å². The van der Waals surface area contributed by atoms with Gasteiger partial charge in [0.1, 0.15) is 11.6 Å². The monoisotopic (exact) mass is 554 g/mol. The van der Waals surface area contributed by atoms with Crippen LogP contribution in [0, 0.1) is 12.7 Å². The highest BCUT2D eigenvalue weighted by molar-refractivity contribution is 7.99. The van der Waals surface area contributed by atoms with Crippen molar-refractivity contribution >= 4 is 11.8 Å². The van der Waals surface area contributed by atoms with Crippen LogP contribution in [0.25, 0.3) is 11.1 Å². The van der Waals surface area contributed by atoms with Gasteiger partial charge in [0.15, 0.2) is 0 Å². The van der Waals surface area contributed by atoms with Crippen LogP contribution in [0.1, 0.15) is 39.9 Å². The van der Waals surface area contributed by atoms with E-state index in [1.54, 1.807) is 35.8 Å². The van der Waals surface area contributed by atoms with Gasteiger partial charge in [-0.2, -0.15) is 13.2 Å². The van der Waals surface area contributed by atoms with E-state index >= 15 is 0 Å². The highest BCUT2D eigenvalue weighted by Crippen LogP contribution is 2.44. The van der Waals surface area contributed by atoms with Crippen LogP contribution in [0.15, 0.2) is 82.6 Å². The van der Waals surface area contributed by atoms with Crippen molar-refractivity contribution < 1.29 is 22.3 Å². The van der Waals surface area contributed by atoms with Crippen molar-refractivity contribution in [2.75, 3.05) is 12.9 Å². The first-order chi connectivity index (χ1) is 18.6. The second-order valence-corrected chi connectivity index (χ2v) is 10.5. The van der Waals surface area contributed by atoms with E-state index in [0.29, 0.717) is 38.8 Å². The fourth-order valence-electron chi connectivity index (χ4n) is 5.20. The Kier molecular flexibility index (Phi) is 7.31. The van der Waals surface area contributed by atoms with E-state index in [4.69, 9.17) is 10.5 Å². The molecule has 5 rings (SSSR count). The number of alkyl halides is 3. The van der Waals surface area contributed by atoms with Crippen LogP contribution < -0.4 is 16.0 Å². The second kappa shape index (κ2) is 10.5. The van der Waals surface area contributed by atoms with Gasteiger partial charge < -0.3 is 10.5 Å². The number of benzene rings is 3. The molecule has 2 atom stereocenters. The predicted octanol–water partition coefficient (Wildman–Crippen LogP) is 6.93. The number of thioether (sulfide) groups is 1. The average molecular weight is 555 g/mol. The molecule has 2 heterocycles. The lowest BCUT2D eigenvalue weighted by Gasteiger charge is -2.25. The van der Waals surface area contributed by atoms with Gasteiger partial charge in [-0.15, -0.1) is 11.8 Å². The lowest BCUT2D eigenvalue weighted by atomic mass is 9.92. The molecule has 0 saturated carbocycles. The van der Waals surface area contributed by atoms with Gasteiger partial charge in [-0.1, -0.05) is 48.5 Å². The first-order valence-electron chi connectivity index (χ1n) is 12.3. The van der Waals surface area contributed by atoms with Gasteiger partial charge in [0.25, 0.3) is 5.56 Å². The number of halogens is 4. The summed E-state index contributed by atoms with van der Waals surface area (Å²) in [5.41, 5.74) is 7.56. The Morgan fingerprint density at radius 1 is 1.05 bits per heavy atom. The number of pyridine rings is 1. The zero-order chi connectivity index (χ0) is 27.9. The molecule has 2 unspecified atom stereocenters. The molecule has 4 aromatic rings. The van der Waals surface area contributed by atoms with Crippen LogP contribution in [-0.2, 0) is 12.6 Å². The minimum atomic E-state index is -4.74. The molecule has 0 fully saturated rings. The summed E-state index contributed by atoms with van der Waals surface area (Å²) in [5.74, 6) is 0.0271. The van der Waals surface area contributed by atoms with Crippen LogP contribution in [0.2, 0.25) is 0 Å². The molecule has 0 spiro atoms. The van der Waals surface area contributed by atoms with Gasteiger partial charge in [-0.3, -0.25) is 9.36 Å². The molecule has 9 heteroatoms. The van der Waals surface area contributed by atoms with Crippen molar-refractivity contribution in [2.24, 2.45) is 5.73 Å². The molecular formula is C30H26F4N2O2S. The minimum absolute atomic E-state index is 0.300. The summed E-state index contributed by atoms with van der Waals surface area (Å²) in [7, 11) is 1.51. The summed E-state index contributed by atoms with van der Waals surface area (Å²) in [6, 6.07) is 18.3. The molecule has 4 nitrogen and oxygen atoms in total. The Labute approximate surface area is 227 Å². The van der Waals surface area contributed by atoms with E-state index in [2.05, 4.69) is 0 Å². The van der Waals surface area contributed by atoms with Gasteiger partial charge >= 0.3 is 6.18 Å². The second-order valence-electron chi connectivity index (χ2n) is 9.45. The normalized spacial score (nSPS) is 15.7. The molecule has 0 aliphatic carbocycles. The van der Waals surface area contributed by atoms with E-state index in [9.17, 15) is 22.4 Å². The topological polar surface area (TPSA) is 57.2 Å². The minimum Gasteiger partial charge on any atom is -0.497 e. The maximum absolute atomic E-state index is 15.0. The molecular weight excluding hydrogens is 528 g/mol. The Morgan fingerprint density at radius 3 is 2.46 bits per heavy atom. The van der Waals surface area contributed by atoms with Crippen molar-refractivity contribution in [2.45, 2.75) is 36.6 Å². The molecule has 202 valence electrons. The molecule has 39 heavy (non-hydrogen) atoms. The third kappa shape index (κ3) is 4.96. The van der Waals surface area contributed by atoms with Crippen molar-refractivity contribution in [3.05, 3.63) is 117 Å². The van der Waals surface area contributed by atoms with Gasteiger partial charge in [0.2, 0.25) is 0 Å². The zero-order valence-corrected chi connectivity index (χ0v) is 22.1. The Morgan fingerprint density at radius 2 is 1.77 bits per heavy atom. The fraction of sp³-hybridized carbons (Fsp3) is 0.233. The number of fused-ring (bicyclic) bond motifs is 1. The molecule has 0 amide bonds. The van der Waals surface area contributed by atoms with Crippen molar-refractivity contribution in [3.8, 4) is 16.9 Å². The Bertz CT molecular complexity index is 1580. The molecule has 0 saturated heterocycles. The van der Waals surface area contributed by atoms with Gasteiger partial charge in [0, 0.05) is 17.7 Å². The molecule has 1 aromatic heterocycles. The van der Waals surface area contributed by atoms with E-state index in [-0.39, 0.29) is 12.0 Å². The predicted molar refractivity (Wildman–Crippen MR) is 145 cm³/mol. The summed E-state index contributed by atoms with van der Waals surface area (Å²) in [6.07, 6.45) is -5.07. The summed E-state index contributed by atoms with van der Waals surface area (Å²) >= 11 is 1.36. The smallest absolute Gasteiger partial charge is 0.416 e. The molecule has 1 aliphatic rings. The summed E-state index contributed by atoms with van der Waals surface area (Å²) in [5, 5.41) is 0.511. The number of hydrogen-bond donors (Lipinski definition) is 1. The number of rotatable bonds is 6. The van der Waals surface area contributed by atoms with Gasteiger partial charge in [0.05, 0.1) is 35.3 Å². The van der Waals surface area contributed by atoms with E-state index in [0.717, 1.165) is 23.8 Å². The van der Waals surface area contributed by atoms with Gasteiger partial charge in [-0.25, -0.2) is 4.39 Å². The standard InChI is InChI=1S/C30H26F4N2O2S/c1-17-21(15-22-23(30(32,33)34)12-7-13-24(22)31)29-36(25(16-39-29)27(35)18-8-4-3-5-9-18)28(37)26(17)19-10-6-11-20(14-19)38-2/h3-14,25,27H,15-16,35H2,1-2H3. The number of nitrogens with two attached hydrogens (primary N) is 1. The van der Waals surface area contributed by atoms with Crippen LogP contribution in [0.5, 0.6) is 5.75 Å². The SMILES string of the molecule is COc1cccc(-c2c(C)c(Cc3c(F)cccc3C(F)(F)F)c3n(c2=O)C(C(N)c2ccccc2)CS3)c1. The number of hydrogen-bond acceptors (Lipinski definition) is 4. The summed E-state index contributed by atoms with van der Waals surface area (Å²) in [6.45, 7) is 1.70. The number of ether oxygens (including phenoxy) is 1. The summed E-state index contributed by atoms with van der Waals surface area (Å²) in [4.78, 5) is 14.1. The van der Waals surface area contributed by atoms with Gasteiger partial charge in [-0.05, 0) is 53.4 Å². The number of nitrogens with zero attached hydrogens (tertiary/aromatic N) is 1. The highest BCUT2D eigenvalue weighted by atomic mass is 32.2. The molecule has 0 radical (unpaired) electrons. The maximum Gasteiger partial charge on any atom is 0.416 e. The van der Waals surface area contributed by atoms with Crippen molar-refractivity contribution in [3.63, 3.8) is 0 Å². The van der Waals surface area contributed by atoms with Crippen LogP contribution >= 0.6 is 11.8 Å². The van der Waals surface area contributed by atoms with E-state index in [1.807, 2.05) is 30.3 Å². The average Bonchev–Trinajstić information content (AvgIpc) is 3.37. The number of aromatic nitrogens is 1. The van der Waals surface area contributed by atoms with Crippen LogP contribution in [0.4, 0.5) is 17.6 Å².